The van der Waals surface area contributed by atoms with Gasteiger partial charge < -0.3 is 20.3 Å². The minimum atomic E-state index is -0.883. The van der Waals surface area contributed by atoms with Crippen LogP contribution in [0.2, 0.25) is 0 Å². The molecule has 0 saturated heterocycles. The quantitative estimate of drug-likeness (QED) is 0.662. The van der Waals surface area contributed by atoms with Crippen LogP contribution in [0, 0.1) is 23.5 Å². The van der Waals surface area contributed by atoms with Gasteiger partial charge in [0.2, 0.25) is 5.91 Å². The van der Waals surface area contributed by atoms with Gasteiger partial charge in [0.25, 0.3) is 0 Å². The number of carbonyl (C=O) groups excluding carboxylic acids is 2. The number of nitrogens with one attached hydrogen (secondary N) is 2. The number of nitrogens with zero attached hydrogens (tertiary/aromatic N) is 1. The molecule has 1 aromatic rings. The molecule has 0 radical (unpaired) electrons. The molecular weight excluding hydrogens is 440 g/mol. The maximum atomic E-state index is 13.6. The van der Waals surface area contributed by atoms with E-state index < -0.39 is 28.9 Å². The molecule has 6 nitrogen and oxygen atoms in total. The SMILES string of the molecule is CC1CC2CC(C)(NC(=O)OC(C)(C)C)CC(NCC(=O)N3Cc4cc(F)c(F)cc4C3)(C1)C2. The van der Waals surface area contributed by atoms with Crippen molar-refractivity contribution in [1.29, 1.82) is 0 Å². The predicted octanol–water partition coefficient (Wildman–Crippen LogP) is 4.65. The van der Waals surface area contributed by atoms with Gasteiger partial charge in [0, 0.05) is 24.2 Å². The van der Waals surface area contributed by atoms with Gasteiger partial charge in [-0.3, -0.25) is 4.79 Å². The van der Waals surface area contributed by atoms with E-state index in [-0.39, 0.29) is 31.1 Å². The van der Waals surface area contributed by atoms with Crippen LogP contribution in [-0.2, 0) is 22.6 Å². The number of ether oxygens (including phenoxy) is 1. The second-order valence-corrected chi connectivity index (χ2v) is 12.1. The standard InChI is InChI=1S/C26H37F2N3O3/c1-16-6-17-10-25(5,30-23(33)34-24(2,3)4)15-26(9-16,11-17)29-12-22(32)31-13-18-7-20(27)21(28)8-19(18)14-31/h7-8,16-17,29H,6,9-15H2,1-5H3,(H,30,33). The van der Waals surface area contributed by atoms with Crippen molar-refractivity contribution in [2.75, 3.05) is 6.54 Å². The minimum absolute atomic E-state index is 0.0893. The highest BCUT2D eigenvalue weighted by Crippen LogP contribution is 2.49. The molecule has 2 amide bonds. The number of alkyl carbamates (subject to hydrolysis) is 1. The van der Waals surface area contributed by atoms with E-state index in [0.29, 0.717) is 29.4 Å². The Balaban J connectivity index is 1.42. The third-order valence-corrected chi connectivity index (χ3v) is 7.36. The van der Waals surface area contributed by atoms with Crippen LogP contribution in [0.3, 0.4) is 0 Å². The highest BCUT2D eigenvalue weighted by molar-refractivity contribution is 5.79. The molecule has 1 aliphatic heterocycles. The molecule has 0 aromatic heterocycles. The van der Waals surface area contributed by atoms with Crippen LogP contribution in [0.5, 0.6) is 0 Å². The number of hydrogen-bond donors (Lipinski definition) is 2. The van der Waals surface area contributed by atoms with Crippen molar-refractivity contribution < 1.29 is 23.1 Å². The second kappa shape index (κ2) is 8.77. The van der Waals surface area contributed by atoms with E-state index in [0.717, 1.165) is 25.7 Å². The Bertz CT molecular complexity index is 944. The van der Waals surface area contributed by atoms with Crippen LogP contribution >= 0.6 is 0 Å². The first-order valence-corrected chi connectivity index (χ1v) is 12.3. The smallest absolute Gasteiger partial charge is 0.408 e. The van der Waals surface area contributed by atoms with Gasteiger partial charge in [0.15, 0.2) is 11.6 Å². The molecule has 1 heterocycles. The Morgan fingerprint density at radius 1 is 1.12 bits per heavy atom. The zero-order valence-electron chi connectivity index (χ0n) is 20.9. The van der Waals surface area contributed by atoms with Crippen LogP contribution in [-0.4, -0.2) is 40.1 Å². The van der Waals surface area contributed by atoms with Crippen molar-refractivity contribution >= 4 is 12.0 Å². The van der Waals surface area contributed by atoms with Crippen LogP contribution in [0.25, 0.3) is 0 Å². The van der Waals surface area contributed by atoms with E-state index in [1.165, 1.54) is 12.1 Å². The number of halogens is 2. The van der Waals surface area contributed by atoms with E-state index in [9.17, 15) is 18.4 Å². The molecule has 0 spiro atoms. The summed E-state index contributed by atoms with van der Waals surface area (Å²) in [5, 5.41) is 6.69. The van der Waals surface area contributed by atoms with Gasteiger partial charge in [0.05, 0.1) is 6.54 Å². The van der Waals surface area contributed by atoms with Gasteiger partial charge in [-0.1, -0.05) is 6.92 Å². The average molecular weight is 478 g/mol. The highest BCUT2D eigenvalue weighted by Gasteiger charge is 2.50. The molecular formula is C26H37F2N3O3. The third-order valence-electron chi connectivity index (χ3n) is 7.36. The Hall–Kier alpha value is -2.22. The number of benzene rings is 1. The molecule has 2 aliphatic carbocycles. The van der Waals surface area contributed by atoms with E-state index in [1.54, 1.807) is 4.90 Å². The zero-order chi connectivity index (χ0) is 24.9. The number of rotatable bonds is 4. The summed E-state index contributed by atoms with van der Waals surface area (Å²) in [5.74, 6) is -0.887. The van der Waals surface area contributed by atoms with E-state index >= 15 is 0 Å². The molecule has 8 heteroatoms. The Morgan fingerprint density at radius 2 is 1.74 bits per heavy atom. The summed E-state index contributed by atoms with van der Waals surface area (Å²) >= 11 is 0. The molecule has 4 unspecified atom stereocenters. The first kappa shape index (κ1) is 24.9. The maximum absolute atomic E-state index is 13.6. The van der Waals surface area contributed by atoms with Crippen LogP contribution in [0.1, 0.15) is 77.8 Å². The number of hydrogen-bond acceptors (Lipinski definition) is 4. The van der Waals surface area contributed by atoms with Crippen molar-refractivity contribution in [2.24, 2.45) is 11.8 Å². The van der Waals surface area contributed by atoms with Gasteiger partial charge in [-0.05, 0) is 94.9 Å². The largest absolute Gasteiger partial charge is 0.444 e. The molecule has 2 bridgehead atoms. The van der Waals surface area contributed by atoms with Crippen LogP contribution in [0.4, 0.5) is 13.6 Å². The van der Waals surface area contributed by atoms with E-state index in [4.69, 9.17) is 4.74 Å². The Labute approximate surface area is 200 Å². The van der Waals surface area contributed by atoms with Gasteiger partial charge in [-0.2, -0.15) is 0 Å². The lowest BCUT2D eigenvalue weighted by atomic mass is 9.58. The first-order valence-electron chi connectivity index (χ1n) is 12.3. The Morgan fingerprint density at radius 3 is 2.32 bits per heavy atom. The summed E-state index contributed by atoms with van der Waals surface area (Å²) in [4.78, 5) is 27.2. The summed E-state index contributed by atoms with van der Waals surface area (Å²) in [6.45, 7) is 10.6. The molecule has 4 rings (SSSR count). The first-order chi connectivity index (χ1) is 15.7. The lowest BCUT2D eigenvalue weighted by Gasteiger charge is -2.55. The number of carbonyl (C=O) groups is 2. The normalized spacial score (nSPS) is 30.6. The van der Waals surface area contributed by atoms with Crippen molar-refractivity contribution in [1.82, 2.24) is 15.5 Å². The van der Waals surface area contributed by atoms with Crippen molar-refractivity contribution in [2.45, 2.75) is 96.5 Å². The molecule has 2 N–H and O–H groups in total. The second-order valence-electron chi connectivity index (χ2n) is 12.1. The lowest BCUT2D eigenvalue weighted by molar-refractivity contribution is -0.131. The van der Waals surface area contributed by atoms with Gasteiger partial charge in [0.1, 0.15) is 5.60 Å². The third kappa shape index (κ3) is 5.53. The number of amides is 2. The van der Waals surface area contributed by atoms with Crippen LogP contribution in [0.15, 0.2) is 12.1 Å². The Kier molecular flexibility index (Phi) is 6.42. The molecule has 3 aliphatic rings. The van der Waals surface area contributed by atoms with Crippen molar-refractivity contribution in [3.63, 3.8) is 0 Å². The number of fused-ring (bicyclic) bond motifs is 3. The predicted molar refractivity (Wildman–Crippen MR) is 125 cm³/mol. The highest BCUT2D eigenvalue weighted by atomic mass is 19.2. The zero-order valence-corrected chi connectivity index (χ0v) is 20.9. The fourth-order valence-electron chi connectivity index (χ4n) is 6.59. The van der Waals surface area contributed by atoms with Gasteiger partial charge >= 0.3 is 6.09 Å². The molecule has 188 valence electrons. The van der Waals surface area contributed by atoms with Crippen molar-refractivity contribution in [3.05, 3.63) is 34.9 Å². The van der Waals surface area contributed by atoms with Gasteiger partial charge in [-0.15, -0.1) is 0 Å². The summed E-state index contributed by atoms with van der Waals surface area (Å²) < 4.78 is 32.7. The van der Waals surface area contributed by atoms with Crippen LogP contribution < -0.4 is 10.6 Å². The molecule has 4 atom stereocenters. The van der Waals surface area contributed by atoms with E-state index in [1.807, 2.05) is 20.8 Å². The molecule has 1 aromatic carbocycles. The topological polar surface area (TPSA) is 70.7 Å². The average Bonchev–Trinajstić information content (AvgIpc) is 3.06. The maximum Gasteiger partial charge on any atom is 0.408 e. The summed E-state index contributed by atoms with van der Waals surface area (Å²) in [6, 6.07) is 2.37. The minimum Gasteiger partial charge on any atom is -0.444 e. The molecule has 34 heavy (non-hydrogen) atoms. The molecule has 2 saturated carbocycles. The summed E-state index contributed by atoms with van der Waals surface area (Å²) in [6.07, 6.45) is 4.17. The fourth-order valence-corrected chi connectivity index (χ4v) is 6.59. The van der Waals surface area contributed by atoms with Gasteiger partial charge in [-0.25, -0.2) is 13.6 Å². The van der Waals surface area contributed by atoms with Crippen molar-refractivity contribution in [3.8, 4) is 0 Å². The monoisotopic (exact) mass is 477 g/mol. The fraction of sp³-hybridized carbons (Fsp3) is 0.692. The summed E-state index contributed by atoms with van der Waals surface area (Å²) in [7, 11) is 0. The summed E-state index contributed by atoms with van der Waals surface area (Å²) in [5.41, 5.74) is 0.0544. The van der Waals surface area contributed by atoms with E-state index in [2.05, 4.69) is 24.5 Å². The lowest BCUT2D eigenvalue weighted by Crippen LogP contribution is -2.64. The molecule has 2 fully saturated rings.